The normalized spacial score (nSPS) is 19.5. The minimum Gasteiger partial charge on any atom is -0.495 e. The van der Waals surface area contributed by atoms with Crippen LogP contribution in [0.4, 0.5) is 28.8 Å². The first-order chi connectivity index (χ1) is 20.8. The topological polar surface area (TPSA) is 104 Å². The molecule has 0 saturated carbocycles. The van der Waals surface area contributed by atoms with E-state index in [1.807, 2.05) is 12.1 Å². The van der Waals surface area contributed by atoms with Crippen LogP contribution in [0.15, 0.2) is 36.5 Å². The zero-order valence-corrected chi connectivity index (χ0v) is 25.8. The van der Waals surface area contributed by atoms with E-state index in [2.05, 4.69) is 48.6 Å². The molecule has 3 aliphatic heterocycles. The molecule has 1 amide bonds. The van der Waals surface area contributed by atoms with Gasteiger partial charge in [0.25, 0.3) is 0 Å². The van der Waals surface area contributed by atoms with Crippen LogP contribution < -0.4 is 25.0 Å². The number of methoxy groups -OCH3 is 2. The molecule has 3 aromatic rings. The number of anilines is 5. The molecule has 2 N–H and O–H groups in total. The molecule has 6 rings (SSSR count). The fraction of sp³-hybridized carbons (Fsp3) is 0.452. The first-order valence-corrected chi connectivity index (χ1v) is 14.9. The van der Waals surface area contributed by atoms with Crippen molar-refractivity contribution in [1.29, 1.82) is 0 Å². The van der Waals surface area contributed by atoms with Gasteiger partial charge in [-0.25, -0.2) is 4.98 Å². The van der Waals surface area contributed by atoms with Gasteiger partial charge in [-0.05, 0) is 54.7 Å². The second-order valence-corrected chi connectivity index (χ2v) is 11.8. The number of rotatable bonds is 9. The highest BCUT2D eigenvalue weighted by Crippen LogP contribution is 2.38. The fourth-order valence-corrected chi connectivity index (χ4v) is 6.14. The van der Waals surface area contributed by atoms with E-state index in [1.54, 1.807) is 39.4 Å². The highest BCUT2D eigenvalue weighted by Gasteiger charge is 2.39. The lowest BCUT2D eigenvalue weighted by molar-refractivity contribution is -0.129. The van der Waals surface area contributed by atoms with E-state index in [1.165, 1.54) is 11.1 Å². The van der Waals surface area contributed by atoms with Gasteiger partial charge >= 0.3 is 0 Å². The van der Waals surface area contributed by atoms with Crippen LogP contribution in [-0.4, -0.2) is 98.9 Å². The molecular formula is C31H38ClN7O4. The molecule has 228 valence electrons. The first-order valence-electron chi connectivity index (χ1n) is 14.6. The van der Waals surface area contributed by atoms with E-state index in [4.69, 9.17) is 25.8 Å². The minimum absolute atomic E-state index is 0.109. The maximum atomic E-state index is 12.3. The number of halogens is 1. The molecule has 4 heterocycles. The summed E-state index contributed by atoms with van der Waals surface area (Å²) >= 11 is 6.53. The predicted octanol–water partition coefficient (Wildman–Crippen LogP) is 4.10. The summed E-state index contributed by atoms with van der Waals surface area (Å²) in [5.41, 5.74) is 5.04. The molecular weight excluding hydrogens is 570 g/mol. The molecule has 3 aliphatic rings. The Bertz CT molecular complexity index is 1500. The van der Waals surface area contributed by atoms with Crippen molar-refractivity contribution < 1.29 is 19.0 Å². The Labute approximate surface area is 257 Å². The number of nitrogens with zero attached hydrogens (tertiary/aromatic N) is 5. The number of morpholine rings is 1. The summed E-state index contributed by atoms with van der Waals surface area (Å²) in [7, 11) is 6.88. The lowest BCUT2D eigenvalue weighted by Gasteiger charge is -2.29. The Morgan fingerprint density at radius 1 is 1.07 bits per heavy atom. The third kappa shape index (κ3) is 6.29. The average molecular weight is 608 g/mol. The van der Waals surface area contributed by atoms with Gasteiger partial charge in [0.15, 0.2) is 5.82 Å². The van der Waals surface area contributed by atoms with Crippen LogP contribution >= 0.6 is 11.6 Å². The summed E-state index contributed by atoms with van der Waals surface area (Å²) in [6, 6.07) is 10.7. The van der Waals surface area contributed by atoms with Crippen molar-refractivity contribution in [1.82, 2.24) is 19.8 Å². The zero-order valence-electron chi connectivity index (χ0n) is 25.0. The van der Waals surface area contributed by atoms with Crippen molar-refractivity contribution in [3.63, 3.8) is 0 Å². The number of hydrogen-bond acceptors (Lipinski definition) is 10. The van der Waals surface area contributed by atoms with E-state index in [-0.39, 0.29) is 5.91 Å². The largest absolute Gasteiger partial charge is 0.495 e. The standard InChI is InChI=1S/C31H38ClN7O4/c1-37(2)29(40)17-38-9-7-19-11-26(27(41-3)12-20(19)8-10-38)35-31-33-15-24(32)30(36-31)34-25-6-5-21(14-28(25)42-4)39-16-23-13-22(39)18-43-23/h5-6,11-12,14-15,22-23H,7-10,13,16-18H2,1-4H3,(H2,33,34,35,36). The molecule has 2 saturated heterocycles. The number of fused-ring (bicyclic) bond motifs is 3. The van der Waals surface area contributed by atoms with E-state index < -0.39 is 0 Å². The van der Waals surface area contributed by atoms with Crippen molar-refractivity contribution >= 4 is 46.3 Å². The van der Waals surface area contributed by atoms with Crippen molar-refractivity contribution in [2.75, 3.05) is 76.6 Å². The number of benzene rings is 2. The van der Waals surface area contributed by atoms with Gasteiger partial charge in [-0.1, -0.05) is 11.6 Å². The maximum absolute atomic E-state index is 12.3. The summed E-state index contributed by atoms with van der Waals surface area (Å²) in [5.74, 6) is 2.33. The van der Waals surface area contributed by atoms with Crippen LogP contribution in [0.3, 0.4) is 0 Å². The smallest absolute Gasteiger partial charge is 0.236 e. The Kier molecular flexibility index (Phi) is 8.47. The highest BCUT2D eigenvalue weighted by atomic mass is 35.5. The SMILES string of the molecule is COc1cc2c(cc1Nc1ncc(Cl)c(Nc3ccc(N4CC5CC4CO5)cc3OC)n1)CCN(CC(=O)N(C)C)CC2. The number of hydrogen-bond donors (Lipinski definition) is 2. The number of likely N-dealkylation sites (N-methyl/N-ethyl adjacent to an activating group) is 1. The van der Waals surface area contributed by atoms with Crippen molar-refractivity contribution in [3.8, 4) is 11.5 Å². The number of aromatic nitrogens is 2. The molecule has 2 bridgehead atoms. The second kappa shape index (κ2) is 12.4. The molecule has 2 atom stereocenters. The first kappa shape index (κ1) is 29.3. The number of carbonyl (C=O) groups excluding carboxylic acids is 1. The van der Waals surface area contributed by atoms with Gasteiger partial charge in [-0.15, -0.1) is 0 Å². The Morgan fingerprint density at radius 2 is 1.81 bits per heavy atom. The molecule has 0 aliphatic carbocycles. The third-order valence-electron chi connectivity index (χ3n) is 8.43. The maximum Gasteiger partial charge on any atom is 0.236 e. The van der Waals surface area contributed by atoms with Gasteiger partial charge in [0.1, 0.15) is 16.5 Å². The van der Waals surface area contributed by atoms with Crippen LogP contribution in [0.1, 0.15) is 17.5 Å². The molecule has 2 aromatic carbocycles. The van der Waals surface area contributed by atoms with Gasteiger partial charge < -0.3 is 34.6 Å². The van der Waals surface area contributed by atoms with Gasteiger partial charge in [0.2, 0.25) is 11.9 Å². The zero-order chi connectivity index (χ0) is 30.1. The van der Waals surface area contributed by atoms with Gasteiger partial charge in [0, 0.05) is 45.5 Å². The van der Waals surface area contributed by atoms with Crippen molar-refractivity contribution in [3.05, 3.63) is 52.7 Å². The highest BCUT2D eigenvalue weighted by molar-refractivity contribution is 6.33. The summed E-state index contributed by atoms with van der Waals surface area (Å²) in [6.45, 7) is 3.70. The van der Waals surface area contributed by atoms with Crippen LogP contribution in [0.25, 0.3) is 0 Å². The molecule has 0 radical (unpaired) electrons. The number of ether oxygens (including phenoxy) is 3. The molecule has 11 nitrogen and oxygen atoms in total. The molecule has 12 heteroatoms. The van der Waals surface area contributed by atoms with E-state index in [0.717, 1.165) is 62.6 Å². The van der Waals surface area contributed by atoms with Crippen LogP contribution in [-0.2, 0) is 22.4 Å². The number of carbonyl (C=O) groups is 1. The summed E-state index contributed by atoms with van der Waals surface area (Å²) in [5, 5.41) is 7.03. The van der Waals surface area contributed by atoms with Crippen LogP contribution in [0.2, 0.25) is 5.02 Å². The van der Waals surface area contributed by atoms with Gasteiger partial charge in [0.05, 0.1) is 57.1 Å². The fourth-order valence-electron chi connectivity index (χ4n) is 6.00. The van der Waals surface area contributed by atoms with E-state index in [0.29, 0.717) is 47.0 Å². The molecule has 1 aromatic heterocycles. The number of nitrogens with one attached hydrogen (secondary N) is 2. The Hall–Kier alpha value is -3.80. The Morgan fingerprint density at radius 3 is 2.49 bits per heavy atom. The van der Waals surface area contributed by atoms with E-state index in [9.17, 15) is 4.79 Å². The molecule has 43 heavy (non-hydrogen) atoms. The molecule has 0 spiro atoms. The van der Waals surface area contributed by atoms with E-state index >= 15 is 0 Å². The van der Waals surface area contributed by atoms with Crippen molar-refractivity contribution in [2.24, 2.45) is 0 Å². The summed E-state index contributed by atoms with van der Waals surface area (Å²) in [4.78, 5) is 27.6. The lowest BCUT2D eigenvalue weighted by atomic mass is 10.0. The minimum atomic E-state index is 0.109. The average Bonchev–Trinajstić information content (AvgIpc) is 3.59. The van der Waals surface area contributed by atoms with Gasteiger partial charge in [-0.2, -0.15) is 4.98 Å². The second-order valence-electron chi connectivity index (χ2n) is 11.4. The summed E-state index contributed by atoms with van der Waals surface area (Å²) in [6.07, 6.45) is 4.61. The number of amides is 1. The quantitative estimate of drug-likeness (QED) is 0.369. The van der Waals surface area contributed by atoms with Crippen molar-refractivity contribution in [2.45, 2.75) is 31.4 Å². The lowest BCUT2D eigenvalue weighted by Crippen LogP contribution is -2.37. The molecule has 2 unspecified atom stereocenters. The van der Waals surface area contributed by atoms with Gasteiger partial charge in [-0.3, -0.25) is 9.69 Å². The Balaban J connectivity index is 1.19. The summed E-state index contributed by atoms with van der Waals surface area (Å²) < 4.78 is 17.2. The predicted molar refractivity (Wildman–Crippen MR) is 168 cm³/mol. The molecule has 2 fully saturated rings. The van der Waals surface area contributed by atoms with Crippen LogP contribution in [0.5, 0.6) is 11.5 Å². The van der Waals surface area contributed by atoms with Crippen LogP contribution in [0, 0.1) is 0 Å². The third-order valence-corrected chi connectivity index (χ3v) is 8.71. The monoisotopic (exact) mass is 607 g/mol.